The SMILES string of the molecule is CCCCNCC(O)COc1ccccc1/C=C\c1nnc(C)s1. The number of hydrogen-bond acceptors (Lipinski definition) is 6. The van der Waals surface area contributed by atoms with Crippen molar-refractivity contribution in [1.29, 1.82) is 0 Å². The Balaban J connectivity index is 1.88. The molecule has 0 saturated heterocycles. The van der Waals surface area contributed by atoms with Crippen molar-refractivity contribution in [3.8, 4) is 5.75 Å². The predicted molar refractivity (Wildman–Crippen MR) is 99.3 cm³/mol. The third-order valence-electron chi connectivity index (χ3n) is 3.38. The van der Waals surface area contributed by atoms with Crippen LogP contribution in [0.15, 0.2) is 24.3 Å². The fourth-order valence-corrected chi connectivity index (χ4v) is 2.71. The molecular formula is C18H25N3O2S. The van der Waals surface area contributed by atoms with E-state index in [1.165, 1.54) is 0 Å². The largest absolute Gasteiger partial charge is 0.490 e. The highest BCUT2D eigenvalue weighted by Crippen LogP contribution is 2.21. The number of aliphatic hydroxyl groups is 1. The number of unbranched alkanes of at least 4 members (excludes halogenated alkanes) is 1. The molecule has 0 amide bonds. The zero-order valence-corrected chi connectivity index (χ0v) is 15.1. The van der Waals surface area contributed by atoms with Crippen LogP contribution in [0.25, 0.3) is 12.2 Å². The number of nitrogens with zero attached hydrogens (tertiary/aromatic N) is 2. The molecule has 130 valence electrons. The van der Waals surface area contributed by atoms with Gasteiger partial charge < -0.3 is 15.2 Å². The zero-order valence-electron chi connectivity index (χ0n) is 14.2. The van der Waals surface area contributed by atoms with Gasteiger partial charge in [0.25, 0.3) is 0 Å². The normalized spacial score (nSPS) is 12.6. The lowest BCUT2D eigenvalue weighted by Gasteiger charge is -2.14. The predicted octanol–water partition coefficient (Wildman–Crippen LogP) is 3.15. The van der Waals surface area contributed by atoms with Gasteiger partial charge in [-0.2, -0.15) is 0 Å². The summed E-state index contributed by atoms with van der Waals surface area (Å²) >= 11 is 1.55. The Kier molecular flexibility index (Phi) is 7.88. The average molecular weight is 347 g/mol. The van der Waals surface area contributed by atoms with Gasteiger partial charge in [-0.05, 0) is 38.1 Å². The smallest absolute Gasteiger partial charge is 0.140 e. The summed E-state index contributed by atoms with van der Waals surface area (Å²) in [6.07, 6.45) is 5.63. The van der Waals surface area contributed by atoms with Gasteiger partial charge in [-0.15, -0.1) is 10.2 Å². The van der Waals surface area contributed by atoms with Gasteiger partial charge in [0.05, 0.1) is 0 Å². The van der Waals surface area contributed by atoms with Crippen molar-refractivity contribution in [2.24, 2.45) is 0 Å². The van der Waals surface area contributed by atoms with E-state index in [-0.39, 0.29) is 6.61 Å². The van der Waals surface area contributed by atoms with Crippen molar-refractivity contribution >= 4 is 23.5 Å². The number of aliphatic hydroxyl groups excluding tert-OH is 1. The van der Waals surface area contributed by atoms with Gasteiger partial charge in [0.15, 0.2) is 0 Å². The average Bonchev–Trinajstić information content (AvgIpc) is 3.01. The minimum absolute atomic E-state index is 0.266. The van der Waals surface area contributed by atoms with E-state index in [2.05, 4.69) is 22.4 Å². The lowest BCUT2D eigenvalue weighted by atomic mass is 10.2. The van der Waals surface area contributed by atoms with Crippen LogP contribution in [0.2, 0.25) is 0 Å². The number of para-hydroxylation sites is 1. The van der Waals surface area contributed by atoms with E-state index in [4.69, 9.17) is 4.74 Å². The summed E-state index contributed by atoms with van der Waals surface area (Å²) in [5.74, 6) is 0.752. The standard InChI is InChI=1S/C18H25N3O2S/c1-3-4-11-19-12-16(22)13-23-17-8-6-5-7-15(17)9-10-18-21-20-14(2)24-18/h5-10,16,19,22H,3-4,11-13H2,1-2H3/b10-9-. The Hall–Kier alpha value is -1.76. The van der Waals surface area contributed by atoms with Crippen molar-refractivity contribution in [2.75, 3.05) is 19.7 Å². The van der Waals surface area contributed by atoms with Crippen LogP contribution in [-0.2, 0) is 0 Å². The Morgan fingerprint density at radius 2 is 2.12 bits per heavy atom. The number of hydrogen-bond donors (Lipinski definition) is 2. The summed E-state index contributed by atoms with van der Waals surface area (Å²) in [5.41, 5.74) is 0.955. The minimum Gasteiger partial charge on any atom is -0.490 e. The van der Waals surface area contributed by atoms with Crippen molar-refractivity contribution in [3.63, 3.8) is 0 Å². The highest BCUT2D eigenvalue weighted by atomic mass is 32.1. The molecule has 0 aliphatic rings. The van der Waals surface area contributed by atoms with Gasteiger partial charge >= 0.3 is 0 Å². The van der Waals surface area contributed by atoms with Crippen LogP contribution >= 0.6 is 11.3 Å². The first kappa shape index (κ1) is 18.6. The molecule has 0 fully saturated rings. The number of aromatic nitrogens is 2. The van der Waals surface area contributed by atoms with Crippen LogP contribution in [0.1, 0.15) is 35.3 Å². The van der Waals surface area contributed by atoms with Crippen LogP contribution < -0.4 is 10.1 Å². The number of rotatable bonds is 10. The molecule has 2 aromatic rings. The minimum atomic E-state index is -0.523. The summed E-state index contributed by atoms with van der Waals surface area (Å²) in [6, 6.07) is 7.77. The number of aryl methyl sites for hydroxylation is 1. The first-order valence-corrected chi connectivity index (χ1v) is 9.09. The molecule has 0 aliphatic heterocycles. The number of nitrogens with one attached hydrogen (secondary N) is 1. The Bertz CT molecular complexity index is 643. The van der Waals surface area contributed by atoms with Crippen LogP contribution in [-0.4, -0.2) is 41.1 Å². The molecule has 24 heavy (non-hydrogen) atoms. The second-order valence-electron chi connectivity index (χ2n) is 5.55. The van der Waals surface area contributed by atoms with E-state index < -0.39 is 6.10 Å². The van der Waals surface area contributed by atoms with E-state index >= 15 is 0 Å². The maximum absolute atomic E-state index is 9.99. The molecule has 0 spiro atoms. The molecule has 0 radical (unpaired) electrons. The monoisotopic (exact) mass is 347 g/mol. The van der Waals surface area contributed by atoms with Crippen molar-refractivity contribution in [2.45, 2.75) is 32.8 Å². The fourth-order valence-electron chi connectivity index (χ4n) is 2.11. The van der Waals surface area contributed by atoms with Crippen molar-refractivity contribution < 1.29 is 9.84 Å². The van der Waals surface area contributed by atoms with Gasteiger partial charge in [0.1, 0.15) is 28.5 Å². The molecule has 0 bridgehead atoms. The number of ether oxygens (including phenoxy) is 1. The van der Waals surface area contributed by atoms with Gasteiger partial charge in [0, 0.05) is 12.1 Å². The van der Waals surface area contributed by atoms with Gasteiger partial charge in [-0.1, -0.05) is 42.9 Å². The van der Waals surface area contributed by atoms with Crippen molar-refractivity contribution in [3.05, 3.63) is 39.8 Å². The van der Waals surface area contributed by atoms with Gasteiger partial charge in [-0.3, -0.25) is 0 Å². The molecule has 1 atom stereocenters. The molecule has 2 N–H and O–H groups in total. The maximum Gasteiger partial charge on any atom is 0.140 e. The second-order valence-corrected chi connectivity index (χ2v) is 6.77. The molecule has 1 heterocycles. The molecule has 0 aliphatic carbocycles. The first-order chi connectivity index (χ1) is 11.7. The lowest BCUT2D eigenvalue weighted by molar-refractivity contribution is 0.106. The van der Waals surface area contributed by atoms with E-state index in [0.717, 1.165) is 40.7 Å². The van der Waals surface area contributed by atoms with Crippen LogP contribution in [0, 0.1) is 6.92 Å². The Morgan fingerprint density at radius 1 is 1.29 bits per heavy atom. The van der Waals surface area contributed by atoms with E-state index in [1.807, 2.05) is 43.3 Å². The fraction of sp³-hybridized carbons (Fsp3) is 0.444. The molecule has 1 unspecified atom stereocenters. The maximum atomic E-state index is 9.99. The quantitative estimate of drug-likeness (QED) is 0.646. The Labute approximate surface area is 147 Å². The van der Waals surface area contributed by atoms with Crippen molar-refractivity contribution in [1.82, 2.24) is 15.5 Å². The first-order valence-electron chi connectivity index (χ1n) is 8.28. The second kappa shape index (κ2) is 10.2. The highest BCUT2D eigenvalue weighted by molar-refractivity contribution is 7.12. The summed E-state index contributed by atoms with van der Waals surface area (Å²) in [4.78, 5) is 0. The molecule has 0 saturated carbocycles. The number of benzene rings is 1. The molecule has 6 heteroatoms. The third kappa shape index (κ3) is 6.39. The molecule has 5 nitrogen and oxygen atoms in total. The Morgan fingerprint density at radius 3 is 2.88 bits per heavy atom. The van der Waals surface area contributed by atoms with Crippen LogP contribution in [0.5, 0.6) is 5.75 Å². The highest BCUT2D eigenvalue weighted by Gasteiger charge is 2.07. The van der Waals surface area contributed by atoms with E-state index in [1.54, 1.807) is 11.3 Å². The van der Waals surface area contributed by atoms with E-state index in [0.29, 0.717) is 6.54 Å². The lowest BCUT2D eigenvalue weighted by Crippen LogP contribution is -2.32. The summed E-state index contributed by atoms with van der Waals surface area (Å²) in [7, 11) is 0. The van der Waals surface area contributed by atoms with E-state index in [9.17, 15) is 5.11 Å². The molecule has 1 aromatic carbocycles. The molecule has 2 rings (SSSR count). The topological polar surface area (TPSA) is 67.3 Å². The van der Waals surface area contributed by atoms with Crippen LogP contribution in [0.3, 0.4) is 0 Å². The zero-order chi connectivity index (χ0) is 17.2. The van der Waals surface area contributed by atoms with Crippen LogP contribution in [0.4, 0.5) is 0 Å². The summed E-state index contributed by atoms with van der Waals surface area (Å²) in [5, 5.41) is 23.1. The molecular weight excluding hydrogens is 322 g/mol. The molecule has 1 aromatic heterocycles. The third-order valence-corrected chi connectivity index (χ3v) is 4.19. The summed E-state index contributed by atoms with van der Waals surface area (Å²) in [6.45, 7) is 5.81. The summed E-state index contributed by atoms with van der Waals surface area (Å²) < 4.78 is 5.78. The van der Waals surface area contributed by atoms with Gasteiger partial charge in [0.2, 0.25) is 0 Å². The van der Waals surface area contributed by atoms with Gasteiger partial charge in [-0.25, -0.2) is 0 Å².